The number of rotatable bonds is 5. The molecule has 0 spiro atoms. The van der Waals surface area contributed by atoms with Crippen LogP contribution in [0.3, 0.4) is 0 Å². The predicted molar refractivity (Wildman–Crippen MR) is 119 cm³/mol. The van der Waals surface area contributed by atoms with Gasteiger partial charge in [0, 0.05) is 12.1 Å². The molecule has 1 aromatic heterocycles. The summed E-state index contributed by atoms with van der Waals surface area (Å²) in [6.45, 7) is 0.673. The quantitative estimate of drug-likeness (QED) is 0.380. The molecule has 1 N–H and O–H groups in total. The van der Waals surface area contributed by atoms with Gasteiger partial charge >= 0.3 is 0 Å². The summed E-state index contributed by atoms with van der Waals surface area (Å²) in [5, 5.41) is 22.6. The lowest BCUT2D eigenvalue weighted by molar-refractivity contribution is -0.384. The molecule has 2 heterocycles. The van der Waals surface area contributed by atoms with Gasteiger partial charge in [-0.3, -0.25) is 14.9 Å². The van der Waals surface area contributed by atoms with E-state index in [-0.39, 0.29) is 18.1 Å². The van der Waals surface area contributed by atoms with E-state index in [1.54, 1.807) is 34.0 Å². The molecule has 0 fully saturated rings. The van der Waals surface area contributed by atoms with Crippen LogP contribution >= 0.6 is 0 Å². The molecule has 0 bridgehead atoms. The van der Waals surface area contributed by atoms with Crippen LogP contribution in [0.4, 0.5) is 22.7 Å². The Labute approximate surface area is 183 Å². The smallest absolute Gasteiger partial charge is 0.269 e. The highest BCUT2D eigenvalue weighted by Crippen LogP contribution is 2.36. The van der Waals surface area contributed by atoms with Crippen molar-refractivity contribution in [2.45, 2.75) is 13.1 Å². The molecule has 1 aliphatic heterocycles. The Morgan fingerprint density at radius 1 is 0.906 bits per heavy atom. The lowest BCUT2D eigenvalue weighted by atomic mass is 10.1. The number of non-ortho nitro benzene ring substituents is 1. The molecule has 1 amide bonds. The number of benzene rings is 3. The summed E-state index contributed by atoms with van der Waals surface area (Å²) >= 11 is 0. The molecule has 0 atom stereocenters. The van der Waals surface area contributed by atoms with E-state index in [4.69, 9.17) is 0 Å². The number of hydrogen-bond acceptors (Lipinski definition) is 6. The fourth-order valence-corrected chi connectivity index (χ4v) is 3.71. The van der Waals surface area contributed by atoms with Gasteiger partial charge in [-0.15, -0.1) is 5.10 Å². The topological polar surface area (TPSA) is 106 Å². The van der Waals surface area contributed by atoms with E-state index in [1.807, 2.05) is 42.5 Å². The van der Waals surface area contributed by atoms with Crippen LogP contribution in [0.15, 0.2) is 79.0 Å². The van der Waals surface area contributed by atoms with Crippen molar-refractivity contribution in [3.05, 3.63) is 106 Å². The van der Waals surface area contributed by atoms with Gasteiger partial charge in [-0.05, 0) is 29.8 Å². The van der Waals surface area contributed by atoms with Gasteiger partial charge in [0.1, 0.15) is 5.69 Å². The number of aromatic nitrogens is 3. The van der Waals surface area contributed by atoms with E-state index in [1.165, 1.54) is 12.1 Å². The highest BCUT2D eigenvalue weighted by atomic mass is 16.6. The van der Waals surface area contributed by atoms with E-state index in [0.29, 0.717) is 17.8 Å². The molecule has 0 saturated carbocycles. The van der Waals surface area contributed by atoms with Crippen LogP contribution in [-0.2, 0) is 13.1 Å². The highest BCUT2D eigenvalue weighted by Gasteiger charge is 2.27. The number of hydrogen-bond donors (Lipinski definition) is 1. The Morgan fingerprint density at radius 2 is 1.62 bits per heavy atom. The van der Waals surface area contributed by atoms with Gasteiger partial charge in [0.2, 0.25) is 0 Å². The van der Waals surface area contributed by atoms with Crippen molar-refractivity contribution in [2.75, 3.05) is 10.2 Å². The van der Waals surface area contributed by atoms with Gasteiger partial charge in [-0.2, -0.15) is 0 Å². The van der Waals surface area contributed by atoms with Crippen molar-refractivity contribution in [2.24, 2.45) is 0 Å². The first-order chi connectivity index (χ1) is 15.6. The summed E-state index contributed by atoms with van der Waals surface area (Å²) in [5.74, 6) is -0.122. The molecule has 4 aromatic rings. The largest absolute Gasteiger partial charge is 0.353 e. The predicted octanol–water partition coefficient (Wildman–Crippen LogP) is 4.14. The molecule has 5 rings (SSSR count). The summed E-state index contributed by atoms with van der Waals surface area (Å²) in [5.41, 5.74) is 4.48. The van der Waals surface area contributed by atoms with Crippen molar-refractivity contribution in [1.29, 1.82) is 0 Å². The van der Waals surface area contributed by atoms with Crippen LogP contribution in [0.2, 0.25) is 0 Å². The molecule has 0 aliphatic carbocycles. The van der Waals surface area contributed by atoms with E-state index >= 15 is 0 Å². The lowest BCUT2D eigenvalue weighted by Crippen LogP contribution is -2.30. The van der Waals surface area contributed by atoms with E-state index in [9.17, 15) is 14.9 Å². The summed E-state index contributed by atoms with van der Waals surface area (Å²) in [4.78, 5) is 25.4. The standard InChI is InChI=1S/C23H18N6O3/c30-23-19-5-1-2-6-20(19)24-21-7-3-4-8-22(21)28(23)15-17-14-27(26-25-17)13-16-9-11-18(12-10-16)29(31)32/h1-12,14,24H,13,15H2. The number of carbonyl (C=O) groups excluding carboxylic acids is 1. The molecule has 0 radical (unpaired) electrons. The molecular weight excluding hydrogens is 408 g/mol. The molecular formula is C23H18N6O3. The van der Waals surface area contributed by atoms with Crippen molar-refractivity contribution in [1.82, 2.24) is 15.0 Å². The molecule has 158 valence electrons. The van der Waals surface area contributed by atoms with E-state index in [2.05, 4.69) is 15.6 Å². The summed E-state index contributed by atoms with van der Waals surface area (Å²) < 4.78 is 1.65. The molecule has 1 aliphatic rings. The number of fused-ring (bicyclic) bond motifs is 2. The van der Waals surface area contributed by atoms with Crippen LogP contribution in [0.5, 0.6) is 0 Å². The first kappa shape index (κ1) is 19.4. The van der Waals surface area contributed by atoms with Gasteiger partial charge in [0.25, 0.3) is 11.6 Å². The lowest BCUT2D eigenvalue weighted by Gasteiger charge is -2.21. The molecule has 0 unspecified atom stereocenters. The average molecular weight is 426 g/mol. The zero-order valence-electron chi connectivity index (χ0n) is 16.9. The fraction of sp³-hybridized carbons (Fsp3) is 0.0870. The van der Waals surface area contributed by atoms with E-state index < -0.39 is 4.92 Å². The second-order valence-electron chi connectivity index (χ2n) is 7.41. The van der Waals surface area contributed by atoms with Gasteiger partial charge in [-0.25, -0.2) is 4.68 Å². The third-order valence-corrected chi connectivity index (χ3v) is 5.26. The van der Waals surface area contributed by atoms with Crippen LogP contribution < -0.4 is 10.2 Å². The average Bonchev–Trinajstić information content (AvgIpc) is 3.20. The first-order valence-electron chi connectivity index (χ1n) is 9.98. The first-order valence-corrected chi connectivity index (χ1v) is 9.98. The van der Waals surface area contributed by atoms with E-state index in [0.717, 1.165) is 22.6 Å². The Kier molecular flexibility index (Phi) is 4.83. The summed E-state index contributed by atoms with van der Waals surface area (Å²) in [7, 11) is 0. The van der Waals surface area contributed by atoms with Gasteiger partial charge in [-0.1, -0.05) is 41.6 Å². The third-order valence-electron chi connectivity index (χ3n) is 5.26. The Hall–Kier alpha value is -4.53. The number of para-hydroxylation sites is 3. The highest BCUT2D eigenvalue weighted by molar-refractivity contribution is 6.13. The maximum atomic E-state index is 13.4. The van der Waals surface area contributed by atoms with Gasteiger partial charge < -0.3 is 10.2 Å². The molecule has 3 aromatic carbocycles. The molecule has 9 heteroatoms. The van der Waals surface area contributed by atoms with Crippen molar-refractivity contribution >= 4 is 28.7 Å². The SMILES string of the molecule is O=C1c2ccccc2Nc2ccccc2N1Cc1cn(Cc2ccc([N+](=O)[O-])cc2)nn1. The van der Waals surface area contributed by atoms with Crippen LogP contribution in [0.1, 0.15) is 21.6 Å². The molecule has 32 heavy (non-hydrogen) atoms. The summed E-state index contributed by atoms with van der Waals surface area (Å²) in [6.07, 6.45) is 1.78. The number of carbonyl (C=O) groups is 1. The minimum Gasteiger partial charge on any atom is -0.353 e. The fourth-order valence-electron chi connectivity index (χ4n) is 3.71. The van der Waals surface area contributed by atoms with Crippen molar-refractivity contribution < 1.29 is 9.72 Å². The number of nitro groups is 1. The van der Waals surface area contributed by atoms with Crippen LogP contribution in [0.25, 0.3) is 0 Å². The second kappa shape index (κ2) is 7.95. The minimum atomic E-state index is -0.430. The maximum Gasteiger partial charge on any atom is 0.269 e. The number of nitrogens with one attached hydrogen (secondary N) is 1. The zero-order valence-corrected chi connectivity index (χ0v) is 16.9. The minimum absolute atomic E-state index is 0.0419. The zero-order chi connectivity index (χ0) is 22.1. The Balaban J connectivity index is 1.40. The summed E-state index contributed by atoms with van der Waals surface area (Å²) in [6, 6.07) is 21.4. The Morgan fingerprint density at radius 3 is 2.41 bits per heavy atom. The third kappa shape index (κ3) is 3.67. The number of amides is 1. The molecule has 0 saturated heterocycles. The van der Waals surface area contributed by atoms with Crippen molar-refractivity contribution in [3.63, 3.8) is 0 Å². The second-order valence-corrected chi connectivity index (χ2v) is 7.41. The maximum absolute atomic E-state index is 13.4. The number of anilines is 3. The van der Waals surface area contributed by atoms with Crippen LogP contribution in [-0.4, -0.2) is 25.8 Å². The number of nitrogens with zero attached hydrogens (tertiary/aromatic N) is 5. The van der Waals surface area contributed by atoms with Crippen molar-refractivity contribution in [3.8, 4) is 0 Å². The Bertz CT molecular complexity index is 1320. The normalized spacial score (nSPS) is 12.5. The van der Waals surface area contributed by atoms with Gasteiger partial charge in [0.05, 0.1) is 46.8 Å². The molecule has 9 nitrogen and oxygen atoms in total. The van der Waals surface area contributed by atoms with Crippen LogP contribution in [0, 0.1) is 10.1 Å². The van der Waals surface area contributed by atoms with Gasteiger partial charge in [0.15, 0.2) is 0 Å². The number of nitro benzene ring substituents is 1. The monoisotopic (exact) mass is 426 g/mol.